The third-order valence-electron chi connectivity index (χ3n) is 2.76. The van der Waals surface area contributed by atoms with Crippen molar-refractivity contribution in [3.8, 4) is 5.75 Å². The van der Waals surface area contributed by atoms with E-state index < -0.39 is 5.97 Å². The number of carbonyl (C=O) groups is 2. The summed E-state index contributed by atoms with van der Waals surface area (Å²) in [6.07, 6.45) is 1.32. The summed E-state index contributed by atoms with van der Waals surface area (Å²) < 4.78 is 10.3. The Labute approximate surface area is 124 Å². The molecule has 0 spiro atoms. The lowest BCUT2D eigenvalue weighted by atomic mass is 10.2. The fourth-order valence-corrected chi connectivity index (χ4v) is 1.68. The average Bonchev–Trinajstić information content (AvgIpc) is 2.47. The standard InChI is InChI=1S/C15H21NO5/c1-20-9-10-21-13-6-4-5-12(11-13)15(19)16-8-3-2-7-14(17)18/h4-6,11H,2-3,7-10H2,1H3,(H,16,19)(H,17,18). The number of hydrogen-bond donors (Lipinski definition) is 2. The monoisotopic (exact) mass is 295 g/mol. The van der Waals surface area contributed by atoms with Gasteiger partial charge in [0.15, 0.2) is 0 Å². The summed E-state index contributed by atoms with van der Waals surface area (Å²) in [6.45, 7) is 1.37. The number of carboxylic acid groups (broad SMARTS) is 1. The molecule has 0 heterocycles. The highest BCUT2D eigenvalue weighted by Gasteiger charge is 2.06. The predicted octanol–water partition coefficient (Wildman–Crippen LogP) is 1.70. The molecule has 0 radical (unpaired) electrons. The topological polar surface area (TPSA) is 84.9 Å². The van der Waals surface area contributed by atoms with E-state index in [1.165, 1.54) is 0 Å². The SMILES string of the molecule is COCCOc1cccc(C(=O)NCCCCC(=O)O)c1. The van der Waals surface area contributed by atoms with Gasteiger partial charge in [-0.3, -0.25) is 9.59 Å². The minimum Gasteiger partial charge on any atom is -0.491 e. The number of carbonyl (C=O) groups excluding carboxylic acids is 1. The molecule has 1 aromatic carbocycles. The molecule has 0 aromatic heterocycles. The van der Waals surface area contributed by atoms with Crippen LogP contribution in [0.1, 0.15) is 29.6 Å². The number of amides is 1. The summed E-state index contributed by atoms with van der Waals surface area (Å²) in [5, 5.41) is 11.3. The van der Waals surface area contributed by atoms with Gasteiger partial charge in [0.1, 0.15) is 12.4 Å². The van der Waals surface area contributed by atoms with Gasteiger partial charge in [0.25, 0.3) is 5.91 Å². The number of unbranched alkanes of at least 4 members (excludes halogenated alkanes) is 1. The van der Waals surface area contributed by atoms with Crippen molar-refractivity contribution in [3.05, 3.63) is 29.8 Å². The van der Waals surface area contributed by atoms with Gasteiger partial charge in [0, 0.05) is 25.6 Å². The van der Waals surface area contributed by atoms with Crippen LogP contribution in [0.5, 0.6) is 5.75 Å². The molecule has 6 heteroatoms. The van der Waals surface area contributed by atoms with E-state index in [0.717, 1.165) is 0 Å². The second-order valence-corrected chi connectivity index (χ2v) is 4.48. The van der Waals surface area contributed by atoms with E-state index in [2.05, 4.69) is 5.32 Å². The zero-order chi connectivity index (χ0) is 15.5. The molecule has 6 nitrogen and oxygen atoms in total. The van der Waals surface area contributed by atoms with Gasteiger partial charge >= 0.3 is 5.97 Å². The van der Waals surface area contributed by atoms with E-state index in [1.807, 2.05) is 0 Å². The normalized spacial score (nSPS) is 10.1. The second-order valence-electron chi connectivity index (χ2n) is 4.48. The van der Waals surface area contributed by atoms with Crippen LogP contribution in [0.25, 0.3) is 0 Å². The number of hydrogen-bond acceptors (Lipinski definition) is 4. The van der Waals surface area contributed by atoms with Gasteiger partial charge in [-0.25, -0.2) is 0 Å². The van der Waals surface area contributed by atoms with Crippen LogP contribution in [-0.4, -0.2) is 43.9 Å². The third kappa shape index (κ3) is 7.31. The van der Waals surface area contributed by atoms with E-state index in [1.54, 1.807) is 31.4 Å². The first-order chi connectivity index (χ1) is 10.1. The van der Waals surface area contributed by atoms with Crippen LogP contribution in [0.2, 0.25) is 0 Å². The molecule has 116 valence electrons. The quantitative estimate of drug-likeness (QED) is 0.642. The summed E-state index contributed by atoms with van der Waals surface area (Å²) in [5.41, 5.74) is 0.517. The number of methoxy groups -OCH3 is 1. The summed E-state index contributed by atoms with van der Waals surface area (Å²) >= 11 is 0. The Kier molecular flexibility index (Phi) is 7.89. The third-order valence-corrected chi connectivity index (χ3v) is 2.76. The van der Waals surface area contributed by atoms with Crippen molar-refractivity contribution in [1.29, 1.82) is 0 Å². The first kappa shape index (κ1) is 17.0. The van der Waals surface area contributed by atoms with E-state index in [0.29, 0.717) is 43.9 Å². The van der Waals surface area contributed by atoms with Gasteiger partial charge in [-0.15, -0.1) is 0 Å². The Morgan fingerprint density at radius 2 is 2.05 bits per heavy atom. The number of rotatable bonds is 10. The number of aliphatic carboxylic acids is 1. The lowest BCUT2D eigenvalue weighted by molar-refractivity contribution is -0.137. The maximum absolute atomic E-state index is 11.9. The fourth-order valence-electron chi connectivity index (χ4n) is 1.68. The van der Waals surface area contributed by atoms with Crippen molar-refractivity contribution in [3.63, 3.8) is 0 Å². The maximum Gasteiger partial charge on any atom is 0.303 e. The Bertz CT molecular complexity index is 461. The molecule has 1 amide bonds. The summed E-state index contributed by atoms with van der Waals surface area (Å²) in [4.78, 5) is 22.3. The minimum atomic E-state index is -0.817. The molecule has 0 unspecified atom stereocenters. The first-order valence-corrected chi connectivity index (χ1v) is 6.85. The smallest absolute Gasteiger partial charge is 0.303 e. The van der Waals surface area contributed by atoms with Crippen LogP contribution < -0.4 is 10.1 Å². The second kappa shape index (κ2) is 9.77. The van der Waals surface area contributed by atoms with E-state index in [-0.39, 0.29) is 12.3 Å². The summed E-state index contributed by atoms with van der Waals surface area (Å²) in [6, 6.07) is 6.90. The largest absolute Gasteiger partial charge is 0.491 e. The number of ether oxygens (including phenoxy) is 2. The Balaban J connectivity index is 2.36. The molecule has 1 aromatic rings. The van der Waals surface area contributed by atoms with Crippen LogP contribution in [0.4, 0.5) is 0 Å². The summed E-state index contributed by atoms with van der Waals surface area (Å²) in [5.74, 6) is -0.393. The van der Waals surface area contributed by atoms with Gasteiger partial charge < -0.3 is 19.9 Å². The lowest BCUT2D eigenvalue weighted by Crippen LogP contribution is -2.24. The van der Waals surface area contributed by atoms with Crippen LogP contribution in [0.3, 0.4) is 0 Å². The van der Waals surface area contributed by atoms with Crippen molar-refractivity contribution < 1.29 is 24.2 Å². The van der Waals surface area contributed by atoms with E-state index >= 15 is 0 Å². The molecule has 1 rings (SSSR count). The molecule has 0 aliphatic rings. The number of carboxylic acids is 1. The molecule has 21 heavy (non-hydrogen) atoms. The van der Waals surface area contributed by atoms with Gasteiger partial charge in [-0.1, -0.05) is 6.07 Å². The fraction of sp³-hybridized carbons (Fsp3) is 0.467. The van der Waals surface area contributed by atoms with Crippen LogP contribution in [0, 0.1) is 0 Å². The zero-order valence-electron chi connectivity index (χ0n) is 12.1. The van der Waals surface area contributed by atoms with Crippen molar-refractivity contribution in [2.45, 2.75) is 19.3 Å². The van der Waals surface area contributed by atoms with E-state index in [9.17, 15) is 9.59 Å². The molecule has 0 atom stereocenters. The molecule has 0 aliphatic carbocycles. The molecule has 0 fully saturated rings. The van der Waals surface area contributed by atoms with E-state index in [4.69, 9.17) is 14.6 Å². The number of nitrogens with one attached hydrogen (secondary N) is 1. The Hall–Kier alpha value is -2.08. The van der Waals surface area contributed by atoms with Crippen molar-refractivity contribution >= 4 is 11.9 Å². The Morgan fingerprint density at radius 3 is 2.76 bits per heavy atom. The van der Waals surface area contributed by atoms with Crippen LogP contribution in [-0.2, 0) is 9.53 Å². The van der Waals surface area contributed by atoms with Gasteiger partial charge in [-0.05, 0) is 31.0 Å². The Morgan fingerprint density at radius 1 is 1.24 bits per heavy atom. The molecule has 2 N–H and O–H groups in total. The van der Waals surface area contributed by atoms with Gasteiger partial charge in [0.2, 0.25) is 0 Å². The summed E-state index contributed by atoms with van der Waals surface area (Å²) in [7, 11) is 1.59. The van der Waals surface area contributed by atoms with Crippen molar-refractivity contribution in [2.24, 2.45) is 0 Å². The highest BCUT2D eigenvalue weighted by molar-refractivity contribution is 5.94. The number of benzene rings is 1. The van der Waals surface area contributed by atoms with Crippen LogP contribution >= 0.6 is 0 Å². The maximum atomic E-state index is 11.9. The molecule has 0 saturated carbocycles. The highest BCUT2D eigenvalue weighted by atomic mass is 16.5. The molecule has 0 bridgehead atoms. The highest BCUT2D eigenvalue weighted by Crippen LogP contribution is 2.13. The molecule has 0 saturated heterocycles. The van der Waals surface area contributed by atoms with Crippen molar-refractivity contribution in [2.75, 3.05) is 26.9 Å². The average molecular weight is 295 g/mol. The molecule has 0 aliphatic heterocycles. The lowest BCUT2D eigenvalue weighted by Gasteiger charge is -2.08. The van der Waals surface area contributed by atoms with Gasteiger partial charge in [-0.2, -0.15) is 0 Å². The minimum absolute atomic E-state index is 0.124. The molecular formula is C15H21NO5. The van der Waals surface area contributed by atoms with Crippen molar-refractivity contribution in [1.82, 2.24) is 5.32 Å². The first-order valence-electron chi connectivity index (χ1n) is 6.85. The van der Waals surface area contributed by atoms with Crippen LogP contribution in [0.15, 0.2) is 24.3 Å². The predicted molar refractivity (Wildman–Crippen MR) is 77.6 cm³/mol. The zero-order valence-corrected chi connectivity index (χ0v) is 12.1. The van der Waals surface area contributed by atoms with Gasteiger partial charge in [0.05, 0.1) is 6.61 Å². The molecular weight excluding hydrogens is 274 g/mol.